The Kier molecular flexibility index (Phi) is 5.65. The molecule has 0 spiro atoms. The van der Waals surface area contributed by atoms with Gasteiger partial charge in [0.1, 0.15) is 19.0 Å². The van der Waals surface area contributed by atoms with Crippen molar-refractivity contribution in [2.75, 3.05) is 18.5 Å². The highest BCUT2D eigenvalue weighted by Gasteiger charge is 1.99. The molecule has 2 aromatic rings. The van der Waals surface area contributed by atoms with Gasteiger partial charge in [0.2, 0.25) is 0 Å². The second-order valence-electron chi connectivity index (χ2n) is 3.93. The maximum atomic E-state index is 5.80. The Morgan fingerprint density at radius 3 is 2.40 bits per heavy atom. The lowest BCUT2D eigenvalue weighted by molar-refractivity contribution is 0.212. The van der Waals surface area contributed by atoms with Gasteiger partial charge in [0.25, 0.3) is 5.17 Å². The van der Waals surface area contributed by atoms with Gasteiger partial charge in [-0.3, -0.25) is 0 Å². The van der Waals surface area contributed by atoms with Crippen LogP contribution < -0.4 is 10.1 Å². The lowest BCUT2D eigenvalue weighted by atomic mass is 10.3. The summed E-state index contributed by atoms with van der Waals surface area (Å²) >= 11 is 10.9. The molecular formula is C15H14ClNO2S. The first kappa shape index (κ1) is 14.6. The normalized spacial score (nSPS) is 9.85. The maximum Gasteiger partial charge on any atom is 0.261 e. The van der Waals surface area contributed by atoms with Crippen LogP contribution >= 0.6 is 23.8 Å². The lowest BCUT2D eigenvalue weighted by Gasteiger charge is -2.10. The Balaban J connectivity index is 1.66. The van der Waals surface area contributed by atoms with Crippen LogP contribution in [0, 0.1) is 0 Å². The summed E-state index contributed by atoms with van der Waals surface area (Å²) < 4.78 is 10.9. The first-order valence-electron chi connectivity index (χ1n) is 6.11. The maximum absolute atomic E-state index is 5.80. The molecule has 0 atom stereocenters. The summed E-state index contributed by atoms with van der Waals surface area (Å²) in [5.74, 6) is 0.813. The van der Waals surface area contributed by atoms with Gasteiger partial charge in [-0.05, 0) is 48.6 Å². The molecule has 0 aliphatic heterocycles. The zero-order valence-electron chi connectivity index (χ0n) is 10.7. The van der Waals surface area contributed by atoms with Crippen molar-refractivity contribution in [3.63, 3.8) is 0 Å². The summed E-state index contributed by atoms with van der Waals surface area (Å²) in [6.07, 6.45) is 0. The third kappa shape index (κ3) is 5.07. The van der Waals surface area contributed by atoms with Crippen molar-refractivity contribution in [3.8, 4) is 5.75 Å². The van der Waals surface area contributed by atoms with Crippen molar-refractivity contribution in [1.82, 2.24) is 0 Å². The first-order chi connectivity index (χ1) is 9.74. The molecule has 3 nitrogen and oxygen atoms in total. The first-order valence-corrected chi connectivity index (χ1v) is 6.90. The minimum atomic E-state index is 0.309. The molecule has 0 saturated heterocycles. The van der Waals surface area contributed by atoms with Crippen molar-refractivity contribution in [1.29, 1.82) is 0 Å². The summed E-state index contributed by atoms with van der Waals surface area (Å²) in [5.41, 5.74) is 0.836. The molecule has 104 valence electrons. The van der Waals surface area contributed by atoms with Crippen molar-refractivity contribution in [3.05, 3.63) is 59.6 Å². The molecule has 0 aliphatic carbocycles. The summed E-state index contributed by atoms with van der Waals surface area (Å²) in [7, 11) is 0. The fourth-order valence-corrected chi connectivity index (χ4v) is 1.82. The van der Waals surface area contributed by atoms with Crippen LogP contribution in [0.3, 0.4) is 0 Å². The Hall–Kier alpha value is -1.78. The van der Waals surface area contributed by atoms with E-state index in [1.165, 1.54) is 0 Å². The monoisotopic (exact) mass is 307 g/mol. The van der Waals surface area contributed by atoms with Crippen LogP contribution in [0.25, 0.3) is 0 Å². The summed E-state index contributed by atoms with van der Waals surface area (Å²) in [4.78, 5) is 0. The van der Waals surface area contributed by atoms with Gasteiger partial charge in [-0.25, -0.2) is 0 Å². The lowest BCUT2D eigenvalue weighted by Crippen LogP contribution is -2.17. The predicted molar refractivity (Wildman–Crippen MR) is 85.6 cm³/mol. The molecular weight excluding hydrogens is 294 g/mol. The number of anilines is 1. The standard InChI is InChI=1S/C15H14ClNO2S/c16-12-6-8-13(9-7-12)17-15(20)19-11-10-18-14-4-2-1-3-5-14/h1-9H,10-11H2,(H,17,20). The quantitative estimate of drug-likeness (QED) is 0.664. The second-order valence-corrected chi connectivity index (χ2v) is 4.74. The molecule has 0 amide bonds. The van der Waals surface area contributed by atoms with E-state index in [2.05, 4.69) is 5.32 Å². The van der Waals surface area contributed by atoms with Gasteiger partial charge in [-0.1, -0.05) is 29.8 Å². The van der Waals surface area contributed by atoms with Gasteiger partial charge in [0.05, 0.1) is 0 Å². The molecule has 0 unspecified atom stereocenters. The van der Waals surface area contributed by atoms with Crippen LogP contribution in [0.2, 0.25) is 5.02 Å². The largest absolute Gasteiger partial charge is 0.490 e. The minimum Gasteiger partial charge on any atom is -0.490 e. The van der Waals surface area contributed by atoms with Crippen LogP contribution in [0.15, 0.2) is 54.6 Å². The molecule has 1 N–H and O–H groups in total. The van der Waals surface area contributed by atoms with Gasteiger partial charge in [-0.2, -0.15) is 0 Å². The molecule has 2 rings (SSSR count). The number of halogens is 1. The molecule has 5 heteroatoms. The highest BCUT2D eigenvalue weighted by molar-refractivity contribution is 7.80. The van der Waals surface area contributed by atoms with Crippen molar-refractivity contribution in [2.24, 2.45) is 0 Å². The summed E-state index contributed by atoms with van der Waals surface area (Å²) in [6.45, 7) is 0.820. The molecule has 0 heterocycles. The van der Waals surface area contributed by atoms with Gasteiger partial charge in [0.15, 0.2) is 0 Å². The van der Waals surface area contributed by atoms with E-state index in [9.17, 15) is 0 Å². The fourth-order valence-electron chi connectivity index (χ4n) is 1.50. The van der Waals surface area contributed by atoms with Crippen LogP contribution in [0.4, 0.5) is 5.69 Å². The summed E-state index contributed by atoms with van der Waals surface area (Å²) in [5, 5.41) is 3.95. The Morgan fingerprint density at radius 2 is 1.70 bits per heavy atom. The molecule has 20 heavy (non-hydrogen) atoms. The number of ether oxygens (including phenoxy) is 2. The number of hydrogen-bond donors (Lipinski definition) is 1. The average Bonchev–Trinajstić information content (AvgIpc) is 2.47. The number of benzene rings is 2. The van der Waals surface area contributed by atoms with Gasteiger partial charge >= 0.3 is 0 Å². The third-order valence-electron chi connectivity index (χ3n) is 2.42. The number of nitrogens with one attached hydrogen (secondary N) is 1. The molecule has 0 bridgehead atoms. The van der Waals surface area contributed by atoms with Gasteiger partial charge < -0.3 is 14.8 Å². The average molecular weight is 308 g/mol. The zero-order chi connectivity index (χ0) is 14.2. The van der Waals surface area contributed by atoms with Crippen molar-refractivity contribution in [2.45, 2.75) is 0 Å². The van der Waals surface area contributed by atoms with Crippen molar-refractivity contribution < 1.29 is 9.47 Å². The van der Waals surface area contributed by atoms with E-state index in [1.54, 1.807) is 12.1 Å². The Labute approximate surface area is 128 Å². The van der Waals surface area contributed by atoms with E-state index in [-0.39, 0.29) is 0 Å². The Morgan fingerprint density at radius 1 is 1.00 bits per heavy atom. The molecule has 0 fully saturated rings. The molecule has 0 radical (unpaired) electrons. The van der Waals surface area contributed by atoms with Crippen molar-refractivity contribution >= 4 is 34.7 Å². The van der Waals surface area contributed by atoms with Crippen LogP contribution in [-0.4, -0.2) is 18.4 Å². The zero-order valence-corrected chi connectivity index (χ0v) is 12.3. The van der Waals surface area contributed by atoms with E-state index in [1.807, 2.05) is 42.5 Å². The molecule has 0 aromatic heterocycles. The van der Waals surface area contributed by atoms with Crippen LogP contribution in [0.5, 0.6) is 5.75 Å². The molecule has 0 saturated carbocycles. The highest BCUT2D eigenvalue weighted by atomic mass is 35.5. The fraction of sp³-hybridized carbons (Fsp3) is 0.133. The molecule has 0 aliphatic rings. The number of hydrogen-bond acceptors (Lipinski definition) is 3. The van der Waals surface area contributed by atoms with Gasteiger partial charge in [0, 0.05) is 10.7 Å². The van der Waals surface area contributed by atoms with Crippen LogP contribution in [0.1, 0.15) is 0 Å². The molecule has 2 aromatic carbocycles. The predicted octanol–water partition coefficient (Wildman–Crippen LogP) is 4.13. The van der Waals surface area contributed by atoms with E-state index < -0.39 is 0 Å². The second kappa shape index (κ2) is 7.72. The SMILES string of the molecule is S=C(Nc1ccc(Cl)cc1)OCCOc1ccccc1. The number of rotatable bonds is 5. The van der Waals surface area contributed by atoms with E-state index in [4.69, 9.17) is 33.3 Å². The van der Waals surface area contributed by atoms with E-state index in [0.29, 0.717) is 23.4 Å². The minimum absolute atomic E-state index is 0.309. The number of para-hydroxylation sites is 1. The van der Waals surface area contributed by atoms with E-state index in [0.717, 1.165) is 11.4 Å². The topological polar surface area (TPSA) is 30.5 Å². The van der Waals surface area contributed by atoms with E-state index >= 15 is 0 Å². The van der Waals surface area contributed by atoms with Crippen LogP contribution in [-0.2, 0) is 4.74 Å². The Bertz CT molecular complexity index is 546. The summed E-state index contributed by atoms with van der Waals surface area (Å²) in [6, 6.07) is 16.8. The third-order valence-corrected chi connectivity index (χ3v) is 2.89. The smallest absolute Gasteiger partial charge is 0.261 e. The van der Waals surface area contributed by atoms with Gasteiger partial charge in [-0.15, -0.1) is 0 Å². The number of thiocarbonyl (C=S) groups is 1. The highest BCUT2D eigenvalue weighted by Crippen LogP contribution is 2.13.